The number of rotatable bonds is 6. The number of nitrogens with one attached hydrogen (secondary N) is 1. The van der Waals surface area contributed by atoms with E-state index in [9.17, 15) is 13.2 Å². The third kappa shape index (κ3) is 4.27. The largest absolute Gasteiger partial charge is 0.322 e. The SMILES string of the molecule is CCN(CC)S(=O)(=O)c1ccc(C)c(C(=O)Nc2ccc(C)cc2)c1. The fourth-order valence-electron chi connectivity index (χ4n) is 2.55. The number of sulfonamides is 1. The van der Waals surface area contributed by atoms with Gasteiger partial charge in [0.05, 0.1) is 4.90 Å². The summed E-state index contributed by atoms with van der Waals surface area (Å²) in [4.78, 5) is 12.7. The molecule has 1 amide bonds. The van der Waals surface area contributed by atoms with Gasteiger partial charge in [-0.25, -0.2) is 8.42 Å². The van der Waals surface area contributed by atoms with Gasteiger partial charge in [0, 0.05) is 24.3 Å². The van der Waals surface area contributed by atoms with Crippen LogP contribution in [0, 0.1) is 13.8 Å². The van der Waals surface area contributed by atoms with Crippen molar-refractivity contribution in [1.29, 1.82) is 0 Å². The number of aryl methyl sites for hydroxylation is 2. The molecule has 5 nitrogen and oxygen atoms in total. The Labute approximate surface area is 149 Å². The lowest BCUT2D eigenvalue weighted by molar-refractivity contribution is 0.102. The van der Waals surface area contributed by atoms with Crippen LogP contribution in [0.3, 0.4) is 0 Å². The Bertz CT molecular complexity index is 855. The first-order chi connectivity index (χ1) is 11.8. The number of carbonyl (C=O) groups is 1. The fourth-order valence-corrected chi connectivity index (χ4v) is 4.04. The van der Waals surface area contributed by atoms with E-state index in [2.05, 4.69) is 5.32 Å². The Kier molecular flexibility index (Phi) is 5.98. The van der Waals surface area contributed by atoms with Crippen LogP contribution in [0.15, 0.2) is 47.4 Å². The van der Waals surface area contributed by atoms with Crippen LogP contribution in [0.5, 0.6) is 0 Å². The third-order valence-corrected chi connectivity index (χ3v) is 6.15. The van der Waals surface area contributed by atoms with Gasteiger partial charge in [-0.3, -0.25) is 4.79 Å². The molecule has 0 radical (unpaired) electrons. The third-order valence-electron chi connectivity index (χ3n) is 4.11. The van der Waals surface area contributed by atoms with Crippen LogP contribution in [-0.4, -0.2) is 31.7 Å². The molecular weight excluding hydrogens is 336 g/mol. The number of carbonyl (C=O) groups excluding carboxylic acids is 1. The second-order valence-electron chi connectivity index (χ2n) is 5.89. The van der Waals surface area contributed by atoms with E-state index >= 15 is 0 Å². The summed E-state index contributed by atoms with van der Waals surface area (Å²) in [6, 6.07) is 12.1. The van der Waals surface area contributed by atoms with Gasteiger partial charge in [-0.2, -0.15) is 4.31 Å². The minimum absolute atomic E-state index is 0.135. The monoisotopic (exact) mass is 360 g/mol. The maximum Gasteiger partial charge on any atom is 0.255 e. The molecule has 0 spiro atoms. The Morgan fingerprint density at radius 2 is 1.60 bits per heavy atom. The van der Waals surface area contributed by atoms with Crippen LogP contribution >= 0.6 is 0 Å². The molecule has 2 aromatic rings. The highest BCUT2D eigenvalue weighted by atomic mass is 32.2. The molecule has 0 atom stereocenters. The van der Waals surface area contributed by atoms with E-state index < -0.39 is 10.0 Å². The van der Waals surface area contributed by atoms with E-state index in [1.54, 1.807) is 32.9 Å². The molecule has 0 fully saturated rings. The van der Waals surface area contributed by atoms with Gasteiger partial charge in [0.15, 0.2) is 0 Å². The number of benzene rings is 2. The number of nitrogens with zero attached hydrogens (tertiary/aromatic N) is 1. The fraction of sp³-hybridized carbons (Fsp3) is 0.316. The molecule has 134 valence electrons. The van der Waals surface area contributed by atoms with Crippen LogP contribution in [0.25, 0.3) is 0 Å². The molecular formula is C19H24N2O3S. The maximum absolute atomic E-state index is 12.7. The van der Waals surface area contributed by atoms with Crippen molar-refractivity contribution in [1.82, 2.24) is 4.31 Å². The molecule has 2 rings (SSSR count). The molecule has 0 unspecified atom stereocenters. The zero-order valence-corrected chi connectivity index (χ0v) is 15.9. The Morgan fingerprint density at radius 3 is 2.16 bits per heavy atom. The molecule has 0 aromatic heterocycles. The van der Waals surface area contributed by atoms with Gasteiger partial charge >= 0.3 is 0 Å². The van der Waals surface area contributed by atoms with Crippen molar-refractivity contribution in [3.63, 3.8) is 0 Å². The summed E-state index contributed by atoms with van der Waals surface area (Å²) in [6.45, 7) is 8.12. The molecule has 0 heterocycles. The predicted octanol–water partition coefficient (Wildman–Crippen LogP) is 3.59. The molecule has 0 bridgehead atoms. The Morgan fingerprint density at radius 1 is 1.00 bits per heavy atom. The topological polar surface area (TPSA) is 66.5 Å². The van der Waals surface area contributed by atoms with Gasteiger partial charge in [-0.05, 0) is 43.7 Å². The Balaban J connectivity index is 2.35. The maximum atomic E-state index is 12.7. The summed E-state index contributed by atoms with van der Waals surface area (Å²) >= 11 is 0. The summed E-state index contributed by atoms with van der Waals surface area (Å²) in [6.07, 6.45) is 0. The zero-order chi connectivity index (χ0) is 18.6. The smallest absolute Gasteiger partial charge is 0.255 e. The van der Waals surface area contributed by atoms with Gasteiger partial charge < -0.3 is 5.32 Å². The van der Waals surface area contributed by atoms with Gasteiger partial charge in [-0.1, -0.05) is 37.6 Å². The van der Waals surface area contributed by atoms with Crippen LogP contribution in [0.1, 0.15) is 35.3 Å². The van der Waals surface area contributed by atoms with Crippen molar-refractivity contribution in [3.05, 3.63) is 59.2 Å². The second kappa shape index (κ2) is 7.80. The van der Waals surface area contributed by atoms with Gasteiger partial charge in [0.25, 0.3) is 5.91 Å². The number of anilines is 1. The lowest BCUT2D eigenvalue weighted by atomic mass is 10.1. The molecule has 1 N–H and O–H groups in total. The van der Waals surface area contributed by atoms with Crippen LogP contribution in [0.2, 0.25) is 0 Å². The summed E-state index contributed by atoms with van der Waals surface area (Å²) in [5, 5.41) is 2.81. The molecule has 2 aromatic carbocycles. The van der Waals surface area contributed by atoms with Crippen molar-refractivity contribution < 1.29 is 13.2 Å². The van der Waals surface area contributed by atoms with Gasteiger partial charge in [0.2, 0.25) is 10.0 Å². The molecule has 6 heteroatoms. The van der Waals surface area contributed by atoms with Crippen LogP contribution in [0.4, 0.5) is 5.69 Å². The van der Waals surface area contributed by atoms with E-state index in [1.165, 1.54) is 10.4 Å². The summed E-state index contributed by atoms with van der Waals surface area (Å²) < 4.78 is 26.7. The number of hydrogen-bond acceptors (Lipinski definition) is 3. The van der Waals surface area contributed by atoms with Gasteiger partial charge in [0.1, 0.15) is 0 Å². The highest BCUT2D eigenvalue weighted by molar-refractivity contribution is 7.89. The lowest BCUT2D eigenvalue weighted by Gasteiger charge is -2.19. The van der Waals surface area contributed by atoms with Crippen LogP contribution in [-0.2, 0) is 10.0 Å². The quantitative estimate of drug-likeness (QED) is 0.856. The molecule has 0 saturated heterocycles. The highest BCUT2D eigenvalue weighted by Crippen LogP contribution is 2.21. The van der Waals surface area contributed by atoms with Crippen molar-refractivity contribution in [3.8, 4) is 0 Å². The Hall–Kier alpha value is -2.18. The summed E-state index contributed by atoms with van der Waals surface area (Å²) in [5.41, 5.74) is 2.85. The minimum atomic E-state index is -3.60. The normalized spacial score (nSPS) is 11.6. The molecule has 0 aliphatic rings. The van der Waals surface area contributed by atoms with E-state index in [1.807, 2.05) is 31.2 Å². The standard InChI is InChI=1S/C19H24N2O3S/c1-5-21(6-2)25(23,24)17-12-9-15(4)18(13-17)19(22)20-16-10-7-14(3)8-11-16/h7-13H,5-6H2,1-4H3,(H,20,22). The van der Waals surface area contributed by atoms with E-state index in [0.717, 1.165) is 11.1 Å². The lowest BCUT2D eigenvalue weighted by Crippen LogP contribution is -2.30. The number of hydrogen-bond donors (Lipinski definition) is 1. The van der Waals surface area contributed by atoms with Crippen molar-refractivity contribution in [2.45, 2.75) is 32.6 Å². The first kappa shape index (κ1) is 19.1. The summed E-state index contributed by atoms with van der Waals surface area (Å²) in [5.74, 6) is -0.321. The van der Waals surface area contributed by atoms with Crippen molar-refractivity contribution in [2.24, 2.45) is 0 Å². The molecule has 0 aliphatic carbocycles. The molecule has 0 saturated carbocycles. The highest BCUT2D eigenvalue weighted by Gasteiger charge is 2.23. The second-order valence-corrected chi connectivity index (χ2v) is 7.82. The first-order valence-corrected chi connectivity index (χ1v) is 9.72. The average molecular weight is 360 g/mol. The first-order valence-electron chi connectivity index (χ1n) is 8.28. The van der Waals surface area contributed by atoms with E-state index in [-0.39, 0.29) is 10.8 Å². The molecule has 25 heavy (non-hydrogen) atoms. The average Bonchev–Trinajstić information content (AvgIpc) is 2.58. The van der Waals surface area contributed by atoms with E-state index in [0.29, 0.717) is 24.3 Å². The molecule has 0 aliphatic heterocycles. The van der Waals surface area contributed by atoms with Crippen LogP contribution < -0.4 is 5.32 Å². The predicted molar refractivity (Wildman–Crippen MR) is 100 cm³/mol. The van der Waals surface area contributed by atoms with Crippen molar-refractivity contribution >= 4 is 21.6 Å². The van der Waals surface area contributed by atoms with Crippen molar-refractivity contribution in [2.75, 3.05) is 18.4 Å². The van der Waals surface area contributed by atoms with E-state index in [4.69, 9.17) is 0 Å². The zero-order valence-electron chi connectivity index (χ0n) is 15.0. The number of amides is 1. The minimum Gasteiger partial charge on any atom is -0.322 e. The van der Waals surface area contributed by atoms with Gasteiger partial charge in [-0.15, -0.1) is 0 Å². The summed E-state index contributed by atoms with van der Waals surface area (Å²) in [7, 11) is -3.60.